The Bertz CT molecular complexity index is 686. The normalized spacial score (nSPS) is 10.8. The molecule has 0 radical (unpaired) electrons. The quantitative estimate of drug-likeness (QED) is 0.481. The van der Waals surface area contributed by atoms with Gasteiger partial charge in [0.25, 0.3) is 0 Å². The molecule has 0 amide bonds. The van der Waals surface area contributed by atoms with E-state index in [0.717, 1.165) is 6.42 Å². The molecule has 0 spiro atoms. The van der Waals surface area contributed by atoms with Crippen molar-refractivity contribution in [2.24, 2.45) is 0 Å². The lowest BCUT2D eigenvalue weighted by atomic mass is 9.57. The molecule has 10 heteroatoms. The zero-order chi connectivity index (χ0) is 17.6. The molecule has 0 saturated heterocycles. The molecule has 0 nitrogen and oxygen atoms in total. The van der Waals surface area contributed by atoms with E-state index in [-0.39, 0.29) is 0 Å². The fourth-order valence-electron chi connectivity index (χ4n) is 3.86. The van der Waals surface area contributed by atoms with Gasteiger partial charge in [-0.3, -0.25) is 0 Å². The van der Waals surface area contributed by atoms with Crippen LogP contribution in [0.25, 0.3) is 0 Å². The third-order valence-electron chi connectivity index (χ3n) is 6.66. The van der Waals surface area contributed by atoms with Crippen molar-refractivity contribution in [1.82, 2.24) is 0 Å². The van der Waals surface area contributed by atoms with Crippen molar-refractivity contribution in [2.45, 2.75) is 6.42 Å². The van der Waals surface area contributed by atoms with Crippen molar-refractivity contribution in [3.63, 3.8) is 0 Å². The van der Waals surface area contributed by atoms with Gasteiger partial charge in [0, 0.05) is 0 Å². The van der Waals surface area contributed by atoms with E-state index in [4.69, 9.17) is 0 Å². The van der Waals surface area contributed by atoms with E-state index in [1.165, 1.54) is 65.8 Å². The lowest BCUT2D eigenvalue weighted by molar-refractivity contribution is 1.27. The minimum atomic E-state index is 1.05. The molecule has 0 aliphatic rings. The maximum atomic E-state index is 2.29. The second-order valence-corrected chi connectivity index (χ2v) is 7.38. The second-order valence-electron chi connectivity index (χ2n) is 7.38. The average Bonchev–Trinajstić information content (AvgIpc) is 2.54. The summed E-state index contributed by atoms with van der Waals surface area (Å²) < 4.78 is 0. The lowest BCUT2D eigenvalue weighted by Crippen LogP contribution is -2.58. The maximum absolute atomic E-state index is 2.29. The molecule has 2 rings (SSSR count). The summed E-state index contributed by atoms with van der Waals surface area (Å²) in [6.45, 7) is 0. The summed E-state index contributed by atoms with van der Waals surface area (Å²) in [5, 5.41) is 0. The summed E-state index contributed by atoms with van der Waals surface area (Å²) in [5.74, 6) is 0. The first kappa shape index (κ1) is 18.4. The fourth-order valence-corrected chi connectivity index (χ4v) is 3.86. The summed E-state index contributed by atoms with van der Waals surface area (Å²) >= 11 is 0. The van der Waals surface area contributed by atoms with Crippen LogP contribution < -0.4 is 54.6 Å². The molecule has 0 aliphatic heterocycles. The molecule has 0 atom stereocenters. The minimum absolute atomic E-state index is 1.05. The summed E-state index contributed by atoms with van der Waals surface area (Å²) in [5.41, 5.74) is 17.7. The lowest BCUT2D eigenvalue weighted by Gasteiger charge is -2.24. The molecular formula is C13H22B10. The molecule has 2 aromatic rings. The Hall–Kier alpha value is -0.911. The molecule has 2 aromatic carbocycles. The summed E-state index contributed by atoms with van der Waals surface area (Å²) in [6.07, 6.45) is 1.05. The van der Waals surface area contributed by atoms with Crippen LogP contribution in [0.15, 0.2) is 0 Å². The van der Waals surface area contributed by atoms with Gasteiger partial charge in [0.1, 0.15) is 78.5 Å². The largest absolute Gasteiger partial charge is 0.138 e. The standard InChI is InChI=1S/C13H22B10/c14-4-2(5(15)9(19)12(22)8(4)18)1-3-6(16)10(20)13(23)11(21)7(3)17/h1,14-23H2. The van der Waals surface area contributed by atoms with E-state index in [9.17, 15) is 0 Å². The fraction of sp³-hybridized carbons (Fsp3) is 0.0769. The third kappa shape index (κ3) is 2.94. The number of hydrogen-bond acceptors (Lipinski definition) is 0. The van der Waals surface area contributed by atoms with Gasteiger partial charge in [-0.25, -0.2) is 0 Å². The molecule has 0 bridgehead atoms. The number of benzene rings is 2. The highest BCUT2D eigenvalue weighted by Gasteiger charge is 2.16. The third-order valence-corrected chi connectivity index (χ3v) is 6.66. The van der Waals surface area contributed by atoms with E-state index in [0.29, 0.717) is 0 Å². The Labute approximate surface area is 150 Å². The van der Waals surface area contributed by atoms with Crippen LogP contribution >= 0.6 is 0 Å². The maximum Gasteiger partial charge on any atom is 0.138 e. The van der Waals surface area contributed by atoms with E-state index in [2.05, 4.69) is 78.5 Å². The summed E-state index contributed by atoms with van der Waals surface area (Å²) in [6, 6.07) is 0. The first-order valence-corrected chi connectivity index (χ1v) is 8.71. The van der Waals surface area contributed by atoms with Gasteiger partial charge in [0.2, 0.25) is 0 Å². The van der Waals surface area contributed by atoms with Gasteiger partial charge in [-0.05, 0) is 6.42 Å². The highest BCUT2D eigenvalue weighted by atomic mass is 14.1. The minimum Gasteiger partial charge on any atom is -0.102 e. The van der Waals surface area contributed by atoms with Crippen LogP contribution in [-0.2, 0) is 6.42 Å². The highest BCUT2D eigenvalue weighted by molar-refractivity contribution is 6.68. The molecule has 0 unspecified atom stereocenters. The van der Waals surface area contributed by atoms with Crippen molar-refractivity contribution in [3.8, 4) is 0 Å². The van der Waals surface area contributed by atoms with Crippen LogP contribution in [-0.4, -0.2) is 78.5 Å². The van der Waals surface area contributed by atoms with Crippen molar-refractivity contribution in [3.05, 3.63) is 11.1 Å². The molecule has 104 valence electrons. The Morgan fingerprint density at radius 2 is 0.478 bits per heavy atom. The molecule has 23 heavy (non-hydrogen) atoms. The van der Waals surface area contributed by atoms with Crippen LogP contribution in [0.1, 0.15) is 11.1 Å². The zero-order valence-electron chi connectivity index (χ0n) is 16.7. The van der Waals surface area contributed by atoms with Gasteiger partial charge in [-0.15, -0.1) is 32.8 Å². The molecule has 0 saturated carbocycles. The van der Waals surface area contributed by atoms with Crippen molar-refractivity contribution < 1.29 is 0 Å². The van der Waals surface area contributed by atoms with Gasteiger partial charge in [0.15, 0.2) is 0 Å². The van der Waals surface area contributed by atoms with Crippen LogP contribution in [0.4, 0.5) is 0 Å². The van der Waals surface area contributed by atoms with E-state index in [1.54, 1.807) is 0 Å². The van der Waals surface area contributed by atoms with Crippen molar-refractivity contribution >= 4 is 133 Å². The van der Waals surface area contributed by atoms with E-state index in [1.807, 2.05) is 0 Å². The van der Waals surface area contributed by atoms with Gasteiger partial charge >= 0.3 is 0 Å². The molecule has 0 fully saturated rings. The first-order valence-electron chi connectivity index (χ1n) is 8.71. The Kier molecular flexibility index (Phi) is 5.24. The molecule has 0 aromatic heterocycles. The molecular weight excluding hydrogens is 264 g/mol. The smallest absolute Gasteiger partial charge is 0.102 e. The summed E-state index contributed by atoms with van der Waals surface area (Å²) in [4.78, 5) is 0. The SMILES string of the molecule is Bc1c(B)c(B)c(Cc2c(B)c(B)c(B)c(B)c2B)c(B)c1B. The predicted octanol–water partition coefficient (Wildman–Crippen LogP) is -14.1. The monoisotopic (exact) mass is 288 g/mol. The first-order chi connectivity index (χ1) is 10.6. The predicted molar refractivity (Wildman–Crippen MR) is 137 cm³/mol. The van der Waals surface area contributed by atoms with E-state index >= 15 is 0 Å². The molecule has 0 aliphatic carbocycles. The number of rotatable bonds is 2. The second kappa shape index (κ2) is 6.53. The average molecular weight is 286 g/mol. The Morgan fingerprint density at radius 1 is 0.304 bits per heavy atom. The summed E-state index contributed by atoms with van der Waals surface area (Å²) in [7, 11) is 22.8. The Morgan fingerprint density at radius 3 is 0.696 bits per heavy atom. The number of hydrogen-bond donors (Lipinski definition) is 0. The van der Waals surface area contributed by atoms with Crippen LogP contribution in [0.2, 0.25) is 0 Å². The van der Waals surface area contributed by atoms with Gasteiger partial charge < -0.3 is 0 Å². The van der Waals surface area contributed by atoms with Crippen LogP contribution in [0.3, 0.4) is 0 Å². The topological polar surface area (TPSA) is 0 Å². The van der Waals surface area contributed by atoms with Gasteiger partial charge in [-0.2, -0.15) is 0 Å². The van der Waals surface area contributed by atoms with E-state index < -0.39 is 0 Å². The van der Waals surface area contributed by atoms with Gasteiger partial charge in [0.05, 0.1) is 0 Å². The van der Waals surface area contributed by atoms with Crippen molar-refractivity contribution in [2.75, 3.05) is 0 Å². The van der Waals surface area contributed by atoms with Crippen molar-refractivity contribution in [1.29, 1.82) is 0 Å². The van der Waals surface area contributed by atoms with Crippen LogP contribution in [0, 0.1) is 0 Å². The van der Waals surface area contributed by atoms with Crippen LogP contribution in [0.5, 0.6) is 0 Å². The van der Waals surface area contributed by atoms with Gasteiger partial charge in [-0.1, -0.05) is 33.0 Å². The molecule has 0 heterocycles. The molecule has 0 N–H and O–H groups in total. The zero-order valence-corrected chi connectivity index (χ0v) is 16.7. The highest BCUT2D eigenvalue weighted by Crippen LogP contribution is 1.97. The Balaban J connectivity index is 2.71.